The summed E-state index contributed by atoms with van der Waals surface area (Å²) in [4.78, 5) is 0. The molecule has 0 radical (unpaired) electrons. The summed E-state index contributed by atoms with van der Waals surface area (Å²) in [6.07, 6.45) is 1.98. The van der Waals surface area contributed by atoms with Gasteiger partial charge < -0.3 is 0 Å². The van der Waals surface area contributed by atoms with Gasteiger partial charge in [0.25, 0.3) is 0 Å². The zero-order chi connectivity index (χ0) is 43.3. The zero-order valence-corrected chi connectivity index (χ0v) is 39.2. The lowest BCUT2D eigenvalue weighted by atomic mass is 9.83. The monoisotopic (exact) mass is 842 g/mol. The fourth-order valence-electron chi connectivity index (χ4n) is 8.66. The minimum atomic E-state index is 0.206. The Morgan fingerprint density at radius 1 is 0.274 bits per heavy atom. The maximum Gasteiger partial charge on any atom is 0.0411 e. The van der Waals surface area contributed by atoms with E-state index in [4.69, 9.17) is 0 Å². The van der Waals surface area contributed by atoms with Gasteiger partial charge >= 0.3 is 0 Å². The van der Waals surface area contributed by atoms with E-state index in [1.165, 1.54) is 111 Å². The SMILES string of the molecule is CC[C@@H](SS[C@H](CC)c1c(-c2ccc(C)cc2)ccc(-c2ccc(C)cc2)c1-c1ccc(C)cc1)c1c(-c2ccc(C)cc2)ccc(-c2ccc(C)cc2)c1-c1ccc(C)cc1. The van der Waals surface area contributed by atoms with Gasteiger partial charge in [-0.2, -0.15) is 0 Å². The number of hydrogen-bond acceptors (Lipinski definition) is 2. The molecule has 62 heavy (non-hydrogen) atoms. The first-order valence-corrected chi connectivity index (χ1v) is 24.5. The molecule has 8 aromatic rings. The van der Waals surface area contributed by atoms with Gasteiger partial charge in [-0.05, 0) is 132 Å². The van der Waals surface area contributed by atoms with Crippen LogP contribution < -0.4 is 0 Å². The van der Waals surface area contributed by atoms with E-state index in [2.05, 4.69) is 247 Å². The van der Waals surface area contributed by atoms with Crippen molar-refractivity contribution >= 4 is 21.6 Å². The number of hydrogen-bond donors (Lipinski definition) is 0. The first kappa shape index (κ1) is 43.1. The third kappa shape index (κ3) is 9.29. The molecule has 310 valence electrons. The van der Waals surface area contributed by atoms with Crippen molar-refractivity contribution in [3.05, 3.63) is 214 Å². The molecule has 0 unspecified atom stereocenters. The Balaban J connectivity index is 1.33. The second-order valence-electron chi connectivity index (χ2n) is 17.1. The predicted octanol–water partition coefficient (Wildman–Crippen LogP) is 18.5. The van der Waals surface area contributed by atoms with Crippen molar-refractivity contribution in [2.24, 2.45) is 0 Å². The molecule has 2 atom stereocenters. The van der Waals surface area contributed by atoms with Crippen molar-refractivity contribution in [2.75, 3.05) is 0 Å². The maximum absolute atomic E-state index is 2.40. The van der Waals surface area contributed by atoms with Crippen molar-refractivity contribution in [3.63, 3.8) is 0 Å². The number of rotatable bonds is 13. The highest BCUT2D eigenvalue weighted by atomic mass is 33.1. The zero-order valence-electron chi connectivity index (χ0n) is 37.6. The van der Waals surface area contributed by atoms with E-state index in [1.807, 2.05) is 0 Å². The van der Waals surface area contributed by atoms with Gasteiger partial charge in [0.05, 0.1) is 0 Å². The van der Waals surface area contributed by atoms with Crippen molar-refractivity contribution < 1.29 is 0 Å². The van der Waals surface area contributed by atoms with Crippen LogP contribution in [0.5, 0.6) is 0 Å². The van der Waals surface area contributed by atoms with Gasteiger partial charge in [0.1, 0.15) is 0 Å². The van der Waals surface area contributed by atoms with Gasteiger partial charge in [0.2, 0.25) is 0 Å². The average molecular weight is 843 g/mol. The molecular weight excluding hydrogens is 785 g/mol. The molecule has 0 bridgehead atoms. The van der Waals surface area contributed by atoms with E-state index in [1.54, 1.807) is 0 Å². The van der Waals surface area contributed by atoms with Crippen LogP contribution in [0.2, 0.25) is 0 Å². The quantitative estimate of drug-likeness (QED) is 0.106. The van der Waals surface area contributed by atoms with Gasteiger partial charge in [-0.1, -0.05) is 239 Å². The highest BCUT2D eigenvalue weighted by Crippen LogP contribution is 2.57. The van der Waals surface area contributed by atoms with Gasteiger partial charge in [0, 0.05) is 10.5 Å². The molecule has 0 N–H and O–H groups in total. The van der Waals surface area contributed by atoms with E-state index in [0.717, 1.165) is 12.8 Å². The van der Waals surface area contributed by atoms with E-state index >= 15 is 0 Å². The van der Waals surface area contributed by atoms with Crippen molar-refractivity contribution in [3.8, 4) is 66.8 Å². The molecule has 0 saturated carbocycles. The molecule has 0 heterocycles. The molecule has 0 aliphatic heterocycles. The average Bonchev–Trinajstić information content (AvgIpc) is 3.29. The smallest absolute Gasteiger partial charge is 0.0411 e. The topological polar surface area (TPSA) is 0 Å². The summed E-state index contributed by atoms with van der Waals surface area (Å²) in [7, 11) is 4.13. The highest BCUT2D eigenvalue weighted by molar-refractivity contribution is 8.76. The van der Waals surface area contributed by atoms with Gasteiger partial charge in [-0.25, -0.2) is 0 Å². The second-order valence-corrected chi connectivity index (χ2v) is 19.8. The van der Waals surface area contributed by atoms with Crippen LogP contribution in [0.15, 0.2) is 170 Å². The summed E-state index contributed by atoms with van der Waals surface area (Å²) in [6, 6.07) is 64.4. The summed E-state index contributed by atoms with van der Waals surface area (Å²) in [5.41, 5.74) is 25.9. The van der Waals surface area contributed by atoms with Crippen LogP contribution in [-0.2, 0) is 0 Å². The number of aryl methyl sites for hydroxylation is 6. The lowest BCUT2D eigenvalue weighted by Gasteiger charge is -2.29. The van der Waals surface area contributed by atoms with Crippen molar-refractivity contribution in [1.29, 1.82) is 0 Å². The molecule has 0 aromatic heterocycles. The van der Waals surface area contributed by atoms with Gasteiger partial charge in [0.15, 0.2) is 0 Å². The molecular formula is C60H58S2. The first-order valence-electron chi connectivity index (χ1n) is 22.2. The van der Waals surface area contributed by atoms with Crippen molar-refractivity contribution in [1.82, 2.24) is 0 Å². The van der Waals surface area contributed by atoms with Crippen LogP contribution >= 0.6 is 21.6 Å². The summed E-state index contributed by atoms with van der Waals surface area (Å²) in [5.74, 6) is 0. The largest absolute Gasteiger partial charge is 0.0852 e. The van der Waals surface area contributed by atoms with Gasteiger partial charge in [-0.3, -0.25) is 0 Å². The Kier molecular flexibility index (Phi) is 13.4. The maximum atomic E-state index is 2.40. The predicted molar refractivity (Wildman–Crippen MR) is 275 cm³/mol. The summed E-state index contributed by atoms with van der Waals surface area (Å²) in [6.45, 7) is 17.8. The standard InChI is InChI=1S/C60H58S2/c1-9-55(59-53(47-27-15-41(5)16-28-47)37-35-51(45-23-11-39(3)12-24-45)57(59)49-31-19-43(7)20-32-49)61-62-56(10-2)60-54(48-29-17-42(6)18-30-48)38-36-52(46-25-13-40(4)14-26-46)58(60)50-33-21-44(8)22-34-50/h11-38,55-56H,9-10H2,1-8H3/t55-,56-/m1/s1. The van der Waals surface area contributed by atoms with Crippen LogP contribution in [0.4, 0.5) is 0 Å². The summed E-state index contributed by atoms with van der Waals surface area (Å²) in [5, 5.41) is 0.413. The lowest BCUT2D eigenvalue weighted by molar-refractivity contribution is 0.897. The minimum absolute atomic E-state index is 0.206. The van der Waals surface area contributed by atoms with Crippen LogP contribution in [0.25, 0.3) is 66.8 Å². The van der Waals surface area contributed by atoms with Crippen LogP contribution in [0.1, 0.15) is 81.7 Å². The third-order valence-electron chi connectivity index (χ3n) is 12.3. The van der Waals surface area contributed by atoms with Crippen LogP contribution in [-0.4, -0.2) is 0 Å². The van der Waals surface area contributed by atoms with Crippen LogP contribution in [0, 0.1) is 41.5 Å². The molecule has 0 amide bonds. The summed E-state index contributed by atoms with van der Waals surface area (Å²) >= 11 is 0. The Morgan fingerprint density at radius 2 is 0.484 bits per heavy atom. The molecule has 8 rings (SSSR count). The van der Waals surface area contributed by atoms with Crippen molar-refractivity contribution in [2.45, 2.75) is 78.7 Å². The minimum Gasteiger partial charge on any atom is -0.0852 e. The fourth-order valence-corrected chi connectivity index (χ4v) is 12.1. The molecule has 0 spiro atoms. The molecule has 0 aliphatic rings. The summed E-state index contributed by atoms with van der Waals surface area (Å²) < 4.78 is 0. The third-order valence-corrected chi connectivity index (χ3v) is 15.7. The molecule has 8 aromatic carbocycles. The molecule has 0 nitrogen and oxygen atoms in total. The molecule has 0 fully saturated rings. The number of benzene rings is 8. The van der Waals surface area contributed by atoms with E-state index in [-0.39, 0.29) is 10.5 Å². The normalized spacial score (nSPS) is 12.3. The Hall–Kier alpha value is -5.54. The van der Waals surface area contributed by atoms with Gasteiger partial charge in [-0.15, -0.1) is 0 Å². The molecule has 2 heteroatoms. The van der Waals surface area contributed by atoms with E-state index in [9.17, 15) is 0 Å². The first-order chi connectivity index (χ1) is 30.1. The fraction of sp³-hybridized carbons (Fsp3) is 0.200. The highest BCUT2D eigenvalue weighted by Gasteiger charge is 2.29. The second kappa shape index (κ2) is 19.2. The Morgan fingerprint density at radius 3 is 0.726 bits per heavy atom. The Bertz CT molecular complexity index is 2560. The van der Waals surface area contributed by atoms with E-state index in [0.29, 0.717) is 0 Å². The molecule has 0 saturated heterocycles. The lowest BCUT2D eigenvalue weighted by Crippen LogP contribution is -2.04. The Labute approximate surface area is 379 Å². The molecule has 0 aliphatic carbocycles. The van der Waals surface area contributed by atoms with Crippen LogP contribution in [0.3, 0.4) is 0 Å². The van der Waals surface area contributed by atoms with E-state index < -0.39 is 0 Å².